The molecule has 0 amide bonds. The van der Waals surface area contributed by atoms with Gasteiger partial charge >= 0.3 is 0 Å². The lowest BCUT2D eigenvalue weighted by atomic mass is 10.8. The Morgan fingerprint density at radius 2 is 0.667 bits per heavy atom. The smallest absolute Gasteiger partial charge is 0.0662 e. The van der Waals surface area contributed by atoms with Crippen molar-refractivity contribution >= 4 is 0 Å². The SMILES string of the molecule is C=C.C=C.C=C.N.N.OCCO. The summed E-state index contributed by atoms with van der Waals surface area (Å²) in [5, 5.41) is 15.2. The Labute approximate surface area is 76.1 Å². The van der Waals surface area contributed by atoms with E-state index >= 15 is 0 Å². The molecule has 78 valence electrons. The Balaban J connectivity index is -0.0000000101. The average Bonchev–Trinajstić information content (AvgIpc) is 2.14. The highest BCUT2D eigenvalue weighted by molar-refractivity contribution is 4.22. The van der Waals surface area contributed by atoms with Crippen molar-refractivity contribution in [3.05, 3.63) is 39.5 Å². The van der Waals surface area contributed by atoms with Crippen LogP contribution in [0.1, 0.15) is 0 Å². The van der Waals surface area contributed by atoms with E-state index in [0.29, 0.717) is 0 Å². The van der Waals surface area contributed by atoms with E-state index in [1.54, 1.807) is 0 Å². The van der Waals surface area contributed by atoms with Crippen LogP contribution in [0, 0.1) is 0 Å². The van der Waals surface area contributed by atoms with Gasteiger partial charge in [0.2, 0.25) is 0 Å². The monoisotopic (exact) mass is 180 g/mol. The molecule has 12 heavy (non-hydrogen) atoms. The summed E-state index contributed by atoms with van der Waals surface area (Å²) in [5.74, 6) is 0. The summed E-state index contributed by atoms with van der Waals surface area (Å²) in [6.45, 7) is 17.8. The van der Waals surface area contributed by atoms with E-state index in [-0.39, 0.29) is 25.5 Å². The highest BCUT2D eigenvalue weighted by Gasteiger charge is 1.58. The van der Waals surface area contributed by atoms with Crippen molar-refractivity contribution in [2.45, 2.75) is 0 Å². The number of rotatable bonds is 1. The molecule has 0 aromatic rings. The van der Waals surface area contributed by atoms with Gasteiger partial charge in [-0.3, -0.25) is 0 Å². The Kier molecular flexibility index (Phi) is 2680. The van der Waals surface area contributed by atoms with Crippen LogP contribution < -0.4 is 12.3 Å². The molecule has 0 aliphatic rings. The van der Waals surface area contributed by atoms with Crippen LogP contribution in [0.15, 0.2) is 39.5 Å². The molecule has 0 spiro atoms. The van der Waals surface area contributed by atoms with Crippen molar-refractivity contribution in [2.75, 3.05) is 13.2 Å². The molecule has 0 radical (unpaired) electrons. The lowest BCUT2D eigenvalue weighted by Crippen LogP contribution is -1.85. The van der Waals surface area contributed by atoms with Gasteiger partial charge in [0.05, 0.1) is 13.2 Å². The van der Waals surface area contributed by atoms with Gasteiger partial charge < -0.3 is 22.5 Å². The Morgan fingerprint density at radius 3 is 0.667 bits per heavy atom. The van der Waals surface area contributed by atoms with Crippen LogP contribution in [-0.2, 0) is 0 Å². The van der Waals surface area contributed by atoms with Crippen LogP contribution in [-0.4, -0.2) is 23.4 Å². The summed E-state index contributed by atoms with van der Waals surface area (Å²) in [5.41, 5.74) is 0. The summed E-state index contributed by atoms with van der Waals surface area (Å²) < 4.78 is 0. The molecule has 0 bridgehead atoms. The van der Waals surface area contributed by atoms with Gasteiger partial charge in [0, 0.05) is 0 Å². The highest BCUT2D eigenvalue weighted by atomic mass is 16.3. The first kappa shape index (κ1) is 43.7. The topological polar surface area (TPSA) is 110 Å². The summed E-state index contributed by atoms with van der Waals surface area (Å²) in [6, 6.07) is 0. The molecule has 0 saturated carbocycles. The van der Waals surface area contributed by atoms with Crippen LogP contribution in [0.3, 0.4) is 0 Å². The van der Waals surface area contributed by atoms with Gasteiger partial charge in [0.25, 0.3) is 0 Å². The normalized spacial score (nSPS) is 3.50. The largest absolute Gasteiger partial charge is 0.394 e. The predicted octanol–water partition coefficient (Wildman–Crippen LogP) is 1.70. The molecule has 0 aliphatic carbocycles. The fraction of sp³-hybridized carbons (Fsp3) is 0.250. The van der Waals surface area contributed by atoms with Crippen molar-refractivity contribution < 1.29 is 10.2 Å². The molecule has 0 aromatic carbocycles. The second kappa shape index (κ2) is 735. The maximum absolute atomic E-state index is 7.62. The molecule has 0 fully saturated rings. The number of hydrogen-bond acceptors (Lipinski definition) is 4. The maximum atomic E-state index is 7.62. The van der Waals surface area contributed by atoms with E-state index in [0.717, 1.165) is 0 Å². The van der Waals surface area contributed by atoms with E-state index in [9.17, 15) is 0 Å². The molecule has 4 nitrogen and oxygen atoms in total. The van der Waals surface area contributed by atoms with E-state index in [1.165, 1.54) is 0 Å². The van der Waals surface area contributed by atoms with Crippen LogP contribution in [0.4, 0.5) is 0 Å². The van der Waals surface area contributed by atoms with E-state index < -0.39 is 0 Å². The van der Waals surface area contributed by atoms with Gasteiger partial charge in [-0.1, -0.05) is 0 Å². The second-order valence-electron chi connectivity index (χ2n) is 0.447. The third kappa shape index (κ3) is 163000. The van der Waals surface area contributed by atoms with E-state index in [1.807, 2.05) is 0 Å². The number of hydrogen-bond donors (Lipinski definition) is 4. The average molecular weight is 180 g/mol. The van der Waals surface area contributed by atoms with Crippen molar-refractivity contribution in [1.29, 1.82) is 0 Å². The van der Waals surface area contributed by atoms with Gasteiger partial charge in [-0.15, -0.1) is 39.5 Å². The summed E-state index contributed by atoms with van der Waals surface area (Å²) in [6.07, 6.45) is 0. The zero-order valence-corrected chi connectivity index (χ0v) is 7.97. The first-order valence-electron chi connectivity index (χ1n) is 2.63. The predicted molar refractivity (Wildman–Crippen MR) is 58.0 cm³/mol. The van der Waals surface area contributed by atoms with Crippen LogP contribution in [0.25, 0.3) is 0 Å². The molecule has 0 aliphatic heterocycles. The maximum Gasteiger partial charge on any atom is 0.0662 e. The lowest BCUT2D eigenvalue weighted by Gasteiger charge is -1.70. The molecule has 0 aromatic heterocycles. The molecule has 0 unspecified atom stereocenters. The molecule has 0 heterocycles. The van der Waals surface area contributed by atoms with Gasteiger partial charge in [-0.2, -0.15) is 0 Å². The minimum atomic E-state index is -0.125. The third-order valence-corrected chi connectivity index (χ3v) is 0.1000. The molecule has 0 rings (SSSR count). The fourth-order valence-electron chi connectivity index (χ4n) is 0. The first-order valence-corrected chi connectivity index (χ1v) is 2.63. The molecule has 8 N–H and O–H groups in total. The summed E-state index contributed by atoms with van der Waals surface area (Å²) >= 11 is 0. The minimum absolute atomic E-state index is 0. The molecular weight excluding hydrogens is 156 g/mol. The molecule has 0 saturated heterocycles. The van der Waals surface area contributed by atoms with Crippen molar-refractivity contribution in [3.63, 3.8) is 0 Å². The lowest BCUT2D eigenvalue weighted by molar-refractivity contribution is 0.186. The Hall–Kier alpha value is -0.940. The highest BCUT2D eigenvalue weighted by Crippen LogP contribution is 1.39. The van der Waals surface area contributed by atoms with Gasteiger partial charge in [0.15, 0.2) is 0 Å². The van der Waals surface area contributed by atoms with E-state index in [4.69, 9.17) is 10.2 Å². The minimum Gasteiger partial charge on any atom is -0.394 e. The number of aliphatic hydroxyl groups excluding tert-OH is 2. The molecular formula is C8H24N2O2. The molecule has 0 atom stereocenters. The third-order valence-electron chi connectivity index (χ3n) is 0.1000. The van der Waals surface area contributed by atoms with Crippen molar-refractivity contribution in [1.82, 2.24) is 12.3 Å². The Bertz CT molecular complexity index is 31.5. The first-order chi connectivity index (χ1) is 4.91. The Morgan fingerprint density at radius 1 is 0.583 bits per heavy atom. The van der Waals surface area contributed by atoms with Gasteiger partial charge in [0.1, 0.15) is 0 Å². The summed E-state index contributed by atoms with van der Waals surface area (Å²) in [7, 11) is 0. The van der Waals surface area contributed by atoms with Crippen LogP contribution in [0.2, 0.25) is 0 Å². The number of aliphatic hydroxyl groups is 2. The quantitative estimate of drug-likeness (QED) is 0.460. The molecule has 4 heteroatoms. The standard InChI is InChI=1S/C2H6O2.3C2H4.2H3N/c3-1-2-4;3*1-2;;/h3-4H,1-2H2;3*1-2H2;2*1H3. The zero-order valence-electron chi connectivity index (χ0n) is 7.97. The van der Waals surface area contributed by atoms with Crippen LogP contribution >= 0.6 is 0 Å². The van der Waals surface area contributed by atoms with Crippen molar-refractivity contribution in [3.8, 4) is 0 Å². The second-order valence-corrected chi connectivity index (χ2v) is 0.447. The summed E-state index contributed by atoms with van der Waals surface area (Å²) in [4.78, 5) is 0. The van der Waals surface area contributed by atoms with Crippen molar-refractivity contribution in [2.24, 2.45) is 0 Å². The zero-order chi connectivity index (χ0) is 9.41. The van der Waals surface area contributed by atoms with Gasteiger partial charge in [-0.05, 0) is 0 Å². The van der Waals surface area contributed by atoms with Gasteiger partial charge in [-0.25, -0.2) is 0 Å². The fourth-order valence-corrected chi connectivity index (χ4v) is 0. The van der Waals surface area contributed by atoms with Crippen LogP contribution in [0.5, 0.6) is 0 Å². The van der Waals surface area contributed by atoms with E-state index in [2.05, 4.69) is 39.5 Å².